The number of nitrogens with one attached hydrogen (secondary N) is 1. The molecule has 1 rings (SSSR count). The van der Waals surface area contributed by atoms with E-state index in [2.05, 4.69) is 46.5 Å². The Morgan fingerprint density at radius 3 is 2.48 bits per heavy atom. The van der Waals surface area contributed by atoms with Crippen LogP contribution in [0, 0.1) is 5.41 Å². The number of rotatable bonds is 9. The van der Waals surface area contributed by atoms with Gasteiger partial charge in [0.05, 0.1) is 0 Å². The van der Waals surface area contributed by atoms with Crippen molar-refractivity contribution in [3.8, 4) is 5.75 Å². The summed E-state index contributed by atoms with van der Waals surface area (Å²) in [5, 5.41) is 13.6. The van der Waals surface area contributed by atoms with Crippen LogP contribution >= 0.6 is 0 Å². The lowest BCUT2D eigenvalue weighted by Gasteiger charge is -2.34. The lowest BCUT2D eigenvalue weighted by molar-refractivity contribution is 0.0940. The molecule has 0 unspecified atom stereocenters. The summed E-state index contributed by atoms with van der Waals surface area (Å²) < 4.78 is 5.78. The Labute approximate surface area is 141 Å². The van der Waals surface area contributed by atoms with Crippen molar-refractivity contribution in [2.75, 3.05) is 13.2 Å². The van der Waals surface area contributed by atoms with Gasteiger partial charge in [-0.15, -0.1) is 6.58 Å². The standard InChI is InChI=1S/C20H33NO2/c1-7-10-16-11-8-9-12-18(16)23-14-17(22)13-21-20(5,6)15-19(2,3)4/h7-9,11-12,17,21-22H,1,10,13-15H2,2-6H3/t17-/m0/s1. The van der Waals surface area contributed by atoms with E-state index in [0.717, 1.165) is 24.2 Å². The first-order valence-electron chi connectivity index (χ1n) is 8.38. The first kappa shape index (κ1) is 19.7. The van der Waals surface area contributed by atoms with Gasteiger partial charge in [-0.2, -0.15) is 0 Å². The van der Waals surface area contributed by atoms with Gasteiger partial charge in [-0.05, 0) is 43.7 Å². The third-order valence-corrected chi connectivity index (χ3v) is 3.56. The number of β-amino-alcohol motifs (C(OH)–C–C–N with tert-alkyl or cyclic N) is 1. The number of ether oxygens (including phenoxy) is 1. The average molecular weight is 319 g/mol. The molecule has 23 heavy (non-hydrogen) atoms. The number of aliphatic hydroxyl groups is 1. The highest BCUT2D eigenvalue weighted by Crippen LogP contribution is 2.26. The molecule has 0 bridgehead atoms. The van der Waals surface area contributed by atoms with E-state index in [1.807, 2.05) is 30.3 Å². The minimum atomic E-state index is -0.536. The molecule has 0 radical (unpaired) electrons. The van der Waals surface area contributed by atoms with Crippen LogP contribution < -0.4 is 10.1 Å². The van der Waals surface area contributed by atoms with Gasteiger partial charge in [0.1, 0.15) is 18.5 Å². The summed E-state index contributed by atoms with van der Waals surface area (Å²) in [4.78, 5) is 0. The predicted octanol–water partition coefficient (Wildman–Crippen LogP) is 3.96. The Bertz CT molecular complexity index is 489. The smallest absolute Gasteiger partial charge is 0.122 e. The number of hydrogen-bond donors (Lipinski definition) is 2. The summed E-state index contributed by atoms with van der Waals surface area (Å²) in [5.74, 6) is 0.820. The van der Waals surface area contributed by atoms with Gasteiger partial charge < -0.3 is 15.2 Å². The summed E-state index contributed by atoms with van der Waals surface area (Å²) in [6, 6.07) is 7.88. The maximum atomic E-state index is 10.2. The second-order valence-electron chi connectivity index (χ2n) is 8.07. The van der Waals surface area contributed by atoms with Gasteiger partial charge in [0.2, 0.25) is 0 Å². The van der Waals surface area contributed by atoms with Crippen molar-refractivity contribution in [2.24, 2.45) is 5.41 Å². The van der Waals surface area contributed by atoms with E-state index in [9.17, 15) is 5.11 Å². The molecule has 0 aliphatic carbocycles. The number of hydrogen-bond acceptors (Lipinski definition) is 3. The lowest BCUT2D eigenvalue weighted by atomic mass is 9.82. The minimum absolute atomic E-state index is 0.0139. The number of para-hydroxylation sites is 1. The third kappa shape index (κ3) is 8.19. The zero-order valence-corrected chi connectivity index (χ0v) is 15.4. The Morgan fingerprint density at radius 1 is 1.22 bits per heavy atom. The van der Waals surface area contributed by atoms with E-state index in [1.165, 1.54) is 0 Å². The molecule has 0 aliphatic rings. The highest BCUT2D eigenvalue weighted by molar-refractivity contribution is 5.34. The van der Waals surface area contributed by atoms with Crippen molar-refractivity contribution in [3.63, 3.8) is 0 Å². The molecule has 0 fully saturated rings. The van der Waals surface area contributed by atoms with Crippen molar-refractivity contribution in [2.45, 2.75) is 59.1 Å². The highest BCUT2D eigenvalue weighted by atomic mass is 16.5. The summed E-state index contributed by atoms with van der Waals surface area (Å²) in [7, 11) is 0. The van der Waals surface area contributed by atoms with Crippen LogP contribution in [0.2, 0.25) is 0 Å². The van der Waals surface area contributed by atoms with Crippen molar-refractivity contribution in [3.05, 3.63) is 42.5 Å². The van der Waals surface area contributed by atoms with Crippen LogP contribution in [0.5, 0.6) is 5.75 Å². The van der Waals surface area contributed by atoms with Gasteiger partial charge in [-0.25, -0.2) is 0 Å². The molecule has 1 aromatic carbocycles. The Hall–Kier alpha value is -1.32. The molecule has 0 aromatic heterocycles. The quantitative estimate of drug-likeness (QED) is 0.677. The van der Waals surface area contributed by atoms with Gasteiger partial charge in [-0.3, -0.25) is 0 Å². The molecule has 0 saturated carbocycles. The number of allylic oxidation sites excluding steroid dienone is 1. The van der Waals surface area contributed by atoms with Gasteiger partial charge in [-0.1, -0.05) is 45.0 Å². The lowest BCUT2D eigenvalue weighted by Crippen LogP contribution is -2.46. The van der Waals surface area contributed by atoms with Gasteiger partial charge in [0.25, 0.3) is 0 Å². The van der Waals surface area contributed by atoms with Gasteiger partial charge in [0.15, 0.2) is 0 Å². The first-order chi connectivity index (χ1) is 10.6. The Morgan fingerprint density at radius 2 is 1.87 bits per heavy atom. The molecule has 0 spiro atoms. The minimum Gasteiger partial charge on any atom is -0.491 e. The van der Waals surface area contributed by atoms with Crippen LogP contribution in [-0.2, 0) is 6.42 Å². The van der Waals surface area contributed by atoms with E-state index in [0.29, 0.717) is 6.54 Å². The molecule has 130 valence electrons. The van der Waals surface area contributed by atoms with Crippen molar-refractivity contribution < 1.29 is 9.84 Å². The molecule has 2 N–H and O–H groups in total. The monoisotopic (exact) mass is 319 g/mol. The molecule has 0 aliphatic heterocycles. The van der Waals surface area contributed by atoms with Crippen LogP contribution in [0.4, 0.5) is 0 Å². The maximum Gasteiger partial charge on any atom is 0.122 e. The fraction of sp³-hybridized carbons (Fsp3) is 0.600. The van der Waals surface area contributed by atoms with Gasteiger partial charge >= 0.3 is 0 Å². The van der Waals surface area contributed by atoms with E-state index < -0.39 is 6.10 Å². The molecular weight excluding hydrogens is 286 g/mol. The second-order valence-corrected chi connectivity index (χ2v) is 8.07. The highest BCUT2D eigenvalue weighted by Gasteiger charge is 2.25. The van der Waals surface area contributed by atoms with Crippen molar-refractivity contribution >= 4 is 0 Å². The topological polar surface area (TPSA) is 41.5 Å². The normalized spacial score (nSPS) is 13.7. The fourth-order valence-corrected chi connectivity index (χ4v) is 3.00. The molecule has 0 heterocycles. The first-order valence-corrected chi connectivity index (χ1v) is 8.38. The van der Waals surface area contributed by atoms with Crippen LogP contribution in [0.3, 0.4) is 0 Å². The average Bonchev–Trinajstić information content (AvgIpc) is 2.42. The largest absolute Gasteiger partial charge is 0.491 e. The van der Waals surface area contributed by atoms with Crippen molar-refractivity contribution in [1.29, 1.82) is 0 Å². The molecular formula is C20H33NO2. The molecule has 0 saturated heterocycles. The summed E-state index contributed by atoms with van der Waals surface area (Å²) in [5.41, 5.74) is 1.33. The number of aliphatic hydroxyl groups excluding tert-OH is 1. The van der Waals surface area contributed by atoms with E-state index in [-0.39, 0.29) is 17.6 Å². The van der Waals surface area contributed by atoms with Crippen molar-refractivity contribution in [1.82, 2.24) is 5.32 Å². The predicted molar refractivity (Wildman–Crippen MR) is 98.0 cm³/mol. The van der Waals surface area contributed by atoms with E-state index >= 15 is 0 Å². The summed E-state index contributed by atoms with van der Waals surface area (Å²) in [6.45, 7) is 15.6. The zero-order chi connectivity index (χ0) is 17.5. The molecule has 1 aromatic rings. The second kappa shape index (κ2) is 8.51. The molecule has 1 atom stereocenters. The fourth-order valence-electron chi connectivity index (χ4n) is 3.00. The Kier molecular flexibility index (Phi) is 7.30. The van der Waals surface area contributed by atoms with E-state index in [4.69, 9.17) is 4.74 Å². The third-order valence-electron chi connectivity index (χ3n) is 3.56. The summed E-state index contributed by atoms with van der Waals surface area (Å²) >= 11 is 0. The van der Waals surface area contributed by atoms with Crippen LogP contribution in [0.15, 0.2) is 36.9 Å². The molecule has 3 nitrogen and oxygen atoms in total. The maximum absolute atomic E-state index is 10.2. The molecule has 3 heteroatoms. The van der Waals surface area contributed by atoms with Gasteiger partial charge in [0, 0.05) is 12.1 Å². The van der Waals surface area contributed by atoms with Crippen LogP contribution in [-0.4, -0.2) is 29.9 Å². The summed E-state index contributed by atoms with van der Waals surface area (Å²) in [6.07, 6.45) is 3.12. The Balaban J connectivity index is 2.46. The van der Waals surface area contributed by atoms with Crippen LogP contribution in [0.1, 0.15) is 46.6 Å². The van der Waals surface area contributed by atoms with Crippen LogP contribution in [0.25, 0.3) is 0 Å². The number of benzene rings is 1. The van der Waals surface area contributed by atoms with E-state index in [1.54, 1.807) is 0 Å². The zero-order valence-electron chi connectivity index (χ0n) is 15.4. The SMILES string of the molecule is C=CCc1ccccc1OC[C@@H](O)CNC(C)(C)CC(C)(C)C. The molecule has 0 amide bonds.